The lowest BCUT2D eigenvalue weighted by atomic mass is 10.2. The zero-order valence-corrected chi connectivity index (χ0v) is 20.0. The number of benzene rings is 2. The Morgan fingerprint density at radius 3 is 2.56 bits per heavy atom. The highest BCUT2D eigenvalue weighted by atomic mass is 16.6. The molecule has 0 atom stereocenters. The standard InChI is InChI=1S/C24H27N9O3/c1-3-32(4-2)15-20-21(27-31-33(20)23-22(25)29-36-30-23)24(34)28-26-14-17-10-12-19(13-11-17)35-16-18-8-6-5-7-9-18/h5-14H,3-4,15-16H2,1-2H3,(H2,25,29)(H,28,34)/b26-14-. The van der Waals surface area contributed by atoms with E-state index in [0.717, 1.165) is 30.0 Å². The molecular weight excluding hydrogens is 462 g/mol. The number of hydrogen-bond donors (Lipinski definition) is 2. The van der Waals surface area contributed by atoms with E-state index in [4.69, 9.17) is 10.5 Å². The first-order chi connectivity index (χ1) is 17.6. The minimum Gasteiger partial charge on any atom is -0.489 e. The van der Waals surface area contributed by atoms with Gasteiger partial charge in [0.25, 0.3) is 5.91 Å². The quantitative estimate of drug-likeness (QED) is 0.239. The number of carbonyl (C=O) groups is 1. The monoisotopic (exact) mass is 489 g/mol. The zero-order chi connectivity index (χ0) is 25.3. The molecule has 0 spiro atoms. The van der Waals surface area contributed by atoms with Crippen LogP contribution in [0.2, 0.25) is 0 Å². The van der Waals surface area contributed by atoms with E-state index in [0.29, 0.717) is 18.8 Å². The second-order valence-corrected chi connectivity index (χ2v) is 7.77. The van der Waals surface area contributed by atoms with Gasteiger partial charge in [0.1, 0.15) is 12.4 Å². The highest BCUT2D eigenvalue weighted by Crippen LogP contribution is 2.18. The summed E-state index contributed by atoms with van der Waals surface area (Å²) in [6.45, 7) is 6.44. The molecule has 0 saturated heterocycles. The third kappa shape index (κ3) is 5.91. The Kier molecular flexibility index (Phi) is 7.98. The van der Waals surface area contributed by atoms with Crippen molar-refractivity contribution in [2.75, 3.05) is 18.8 Å². The average molecular weight is 490 g/mol. The largest absolute Gasteiger partial charge is 0.489 e. The summed E-state index contributed by atoms with van der Waals surface area (Å²) in [4.78, 5) is 15.0. The molecule has 186 valence electrons. The number of hydrazone groups is 1. The van der Waals surface area contributed by atoms with Gasteiger partial charge in [-0.3, -0.25) is 9.69 Å². The van der Waals surface area contributed by atoms with Crippen LogP contribution in [-0.4, -0.2) is 55.4 Å². The fourth-order valence-electron chi connectivity index (χ4n) is 3.40. The number of nitrogens with zero attached hydrogens (tertiary/aromatic N) is 7. The molecule has 2 aromatic carbocycles. The lowest BCUT2D eigenvalue weighted by Crippen LogP contribution is -2.27. The van der Waals surface area contributed by atoms with Crippen molar-refractivity contribution in [3.63, 3.8) is 0 Å². The summed E-state index contributed by atoms with van der Waals surface area (Å²) in [5.74, 6) is 0.431. The van der Waals surface area contributed by atoms with Gasteiger partial charge in [-0.2, -0.15) is 9.78 Å². The van der Waals surface area contributed by atoms with Crippen LogP contribution in [0, 0.1) is 0 Å². The van der Waals surface area contributed by atoms with E-state index >= 15 is 0 Å². The van der Waals surface area contributed by atoms with Gasteiger partial charge >= 0.3 is 0 Å². The van der Waals surface area contributed by atoms with Crippen molar-refractivity contribution in [1.82, 2.24) is 35.6 Å². The maximum atomic E-state index is 12.9. The van der Waals surface area contributed by atoms with E-state index in [9.17, 15) is 4.79 Å². The van der Waals surface area contributed by atoms with Crippen molar-refractivity contribution >= 4 is 17.9 Å². The van der Waals surface area contributed by atoms with Gasteiger partial charge in [-0.15, -0.1) is 5.10 Å². The van der Waals surface area contributed by atoms with Crippen LogP contribution in [0.3, 0.4) is 0 Å². The number of carbonyl (C=O) groups excluding carboxylic acids is 1. The van der Waals surface area contributed by atoms with Crippen molar-refractivity contribution in [3.05, 3.63) is 77.1 Å². The van der Waals surface area contributed by atoms with Crippen LogP contribution >= 0.6 is 0 Å². The first-order valence-corrected chi connectivity index (χ1v) is 11.4. The number of nitrogens with one attached hydrogen (secondary N) is 1. The Morgan fingerprint density at radius 2 is 1.89 bits per heavy atom. The van der Waals surface area contributed by atoms with Crippen molar-refractivity contribution in [2.45, 2.75) is 27.0 Å². The number of aromatic nitrogens is 5. The first-order valence-electron chi connectivity index (χ1n) is 11.4. The van der Waals surface area contributed by atoms with Crippen LogP contribution in [-0.2, 0) is 13.2 Å². The van der Waals surface area contributed by atoms with E-state index in [1.54, 1.807) is 0 Å². The number of hydrogen-bond acceptors (Lipinski definition) is 10. The molecule has 0 aliphatic carbocycles. The second kappa shape index (κ2) is 11.7. The molecule has 2 heterocycles. The third-order valence-corrected chi connectivity index (χ3v) is 5.45. The topological polar surface area (TPSA) is 150 Å². The molecule has 1 amide bonds. The fourth-order valence-corrected chi connectivity index (χ4v) is 3.40. The van der Waals surface area contributed by atoms with E-state index in [-0.39, 0.29) is 17.3 Å². The molecule has 0 radical (unpaired) electrons. The van der Waals surface area contributed by atoms with Gasteiger partial charge in [0, 0.05) is 6.54 Å². The summed E-state index contributed by atoms with van der Waals surface area (Å²) in [6.07, 6.45) is 1.53. The molecule has 0 aliphatic rings. The summed E-state index contributed by atoms with van der Waals surface area (Å²) in [7, 11) is 0. The summed E-state index contributed by atoms with van der Waals surface area (Å²) in [5.41, 5.74) is 10.8. The van der Waals surface area contributed by atoms with Crippen molar-refractivity contribution in [1.29, 1.82) is 0 Å². The smallest absolute Gasteiger partial charge is 0.293 e. The van der Waals surface area contributed by atoms with Gasteiger partial charge in [0.05, 0.1) is 11.9 Å². The van der Waals surface area contributed by atoms with Gasteiger partial charge in [0.15, 0.2) is 5.69 Å². The SMILES string of the molecule is CCN(CC)Cc1c(C(=O)N/N=C\c2ccc(OCc3ccccc3)cc2)nnn1-c1nonc1N. The molecule has 0 unspecified atom stereocenters. The van der Waals surface area contributed by atoms with E-state index < -0.39 is 5.91 Å². The van der Waals surface area contributed by atoms with Crippen LogP contribution in [0.4, 0.5) is 5.82 Å². The first kappa shape index (κ1) is 24.5. The Bertz CT molecular complexity index is 1300. The van der Waals surface area contributed by atoms with E-state index in [1.807, 2.05) is 68.4 Å². The lowest BCUT2D eigenvalue weighted by molar-refractivity contribution is 0.0948. The molecule has 2 aromatic heterocycles. The number of nitrogen functional groups attached to an aromatic ring is 1. The number of anilines is 1. The molecule has 12 nitrogen and oxygen atoms in total. The molecule has 0 bridgehead atoms. The zero-order valence-electron chi connectivity index (χ0n) is 20.0. The molecule has 12 heteroatoms. The van der Waals surface area contributed by atoms with Crippen LogP contribution in [0.25, 0.3) is 5.82 Å². The Morgan fingerprint density at radius 1 is 1.14 bits per heavy atom. The lowest BCUT2D eigenvalue weighted by Gasteiger charge is -2.18. The van der Waals surface area contributed by atoms with Gasteiger partial charge < -0.3 is 10.5 Å². The normalized spacial score (nSPS) is 11.3. The predicted molar refractivity (Wildman–Crippen MR) is 133 cm³/mol. The highest BCUT2D eigenvalue weighted by Gasteiger charge is 2.24. The van der Waals surface area contributed by atoms with Crippen LogP contribution < -0.4 is 15.9 Å². The average Bonchev–Trinajstić information content (AvgIpc) is 3.52. The summed E-state index contributed by atoms with van der Waals surface area (Å²) in [5, 5.41) is 19.5. The van der Waals surface area contributed by atoms with E-state index in [1.165, 1.54) is 10.9 Å². The maximum absolute atomic E-state index is 12.9. The fraction of sp³-hybridized carbons (Fsp3) is 0.250. The van der Waals surface area contributed by atoms with Gasteiger partial charge in [0.2, 0.25) is 11.6 Å². The Labute approximate surface area is 207 Å². The number of rotatable bonds is 11. The van der Waals surface area contributed by atoms with Crippen molar-refractivity contribution in [3.8, 4) is 11.6 Å². The minimum absolute atomic E-state index is 0.0434. The third-order valence-electron chi connectivity index (χ3n) is 5.45. The Balaban J connectivity index is 1.42. The maximum Gasteiger partial charge on any atom is 0.293 e. The number of ether oxygens (including phenoxy) is 1. The number of amides is 1. The van der Waals surface area contributed by atoms with Gasteiger partial charge in [-0.05, 0) is 58.8 Å². The molecule has 4 aromatic rings. The minimum atomic E-state index is -0.516. The van der Waals surface area contributed by atoms with Gasteiger partial charge in [-0.25, -0.2) is 10.1 Å². The molecule has 36 heavy (non-hydrogen) atoms. The van der Waals surface area contributed by atoms with E-state index in [2.05, 4.69) is 40.7 Å². The van der Waals surface area contributed by atoms with Crippen molar-refractivity contribution < 1.29 is 14.2 Å². The highest BCUT2D eigenvalue weighted by molar-refractivity contribution is 5.94. The summed E-state index contributed by atoms with van der Waals surface area (Å²) < 4.78 is 11.8. The molecule has 0 fully saturated rings. The predicted octanol–water partition coefficient (Wildman–Crippen LogP) is 2.42. The summed E-state index contributed by atoms with van der Waals surface area (Å²) >= 11 is 0. The van der Waals surface area contributed by atoms with Gasteiger partial charge in [-0.1, -0.05) is 49.4 Å². The Hall–Kier alpha value is -4.58. The van der Waals surface area contributed by atoms with Crippen molar-refractivity contribution in [2.24, 2.45) is 5.10 Å². The van der Waals surface area contributed by atoms with Crippen LogP contribution in [0.5, 0.6) is 5.75 Å². The molecule has 3 N–H and O–H groups in total. The summed E-state index contributed by atoms with van der Waals surface area (Å²) in [6, 6.07) is 17.3. The molecule has 4 rings (SSSR count). The molecule has 0 saturated carbocycles. The number of nitrogens with two attached hydrogens (primary N) is 1. The van der Waals surface area contributed by atoms with Crippen LogP contribution in [0.1, 0.15) is 41.2 Å². The van der Waals surface area contributed by atoms with Crippen LogP contribution in [0.15, 0.2) is 64.3 Å². The molecular formula is C24H27N9O3. The second-order valence-electron chi connectivity index (χ2n) is 7.77. The molecule has 0 aliphatic heterocycles.